The van der Waals surface area contributed by atoms with Gasteiger partial charge in [-0.1, -0.05) is 17.8 Å². The minimum absolute atomic E-state index is 0.104. The molecule has 1 amide bonds. The van der Waals surface area contributed by atoms with E-state index in [2.05, 4.69) is 28.3 Å². The van der Waals surface area contributed by atoms with Gasteiger partial charge in [-0.05, 0) is 47.0 Å². The molecule has 3 rings (SSSR count). The number of carbonyl (C=O) groups excluding carboxylic acids is 1. The third kappa shape index (κ3) is 3.51. The predicted octanol–water partition coefficient (Wildman–Crippen LogP) is 3.68. The van der Waals surface area contributed by atoms with E-state index in [1.165, 1.54) is 22.9 Å². The van der Waals surface area contributed by atoms with E-state index in [0.29, 0.717) is 12.3 Å². The number of nitrogens with one attached hydrogen (secondary N) is 1. The summed E-state index contributed by atoms with van der Waals surface area (Å²) >= 11 is 3.09. The van der Waals surface area contributed by atoms with Gasteiger partial charge in [0, 0.05) is 13.6 Å². The Bertz CT molecular complexity index is 780. The number of imidazole rings is 1. The summed E-state index contributed by atoms with van der Waals surface area (Å²) in [7, 11) is 1.84. The number of hydrogen-bond donors (Lipinski definition) is 1. The molecule has 0 saturated carbocycles. The molecule has 114 valence electrons. The summed E-state index contributed by atoms with van der Waals surface area (Å²) in [4.78, 5) is 21.7. The van der Waals surface area contributed by atoms with Gasteiger partial charge >= 0.3 is 0 Å². The van der Waals surface area contributed by atoms with Crippen molar-refractivity contribution in [2.75, 3.05) is 12.8 Å². The molecule has 22 heavy (non-hydrogen) atoms. The molecule has 0 saturated heterocycles. The molecule has 0 unspecified atom stereocenters. The van der Waals surface area contributed by atoms with Crippen molar-refractivity contribution in [2.45, 2.75) is 18.6 Å². The van der Waals surface area contributed by atoms with Crippen molar-refractivity contribution in [3.63, 3.8) is 0 Å². The highest BCUT2D eigenvalue weighted by Crippen LogP contribution is 2.20. The fraction of sp³-hybridized carbons (Fsp3) is 0.250. The number of amides is 1. The molecule has 4 nitrogen and oxygen atoms in total. The standard InChI is InChI=1S/C16H17N3OS2/c1-11-3-4-13-14(7-11)18-16(17-13)22-10-15(20)19(2)8-12-5-6-21-9-12/h3-7,9H,8,10H2,1-2H3,(H,17,18). The number of nitrogens with zero attached hydrogens (tertiary/aromatic N) is 2. The first kappa shape index (κ1) is 15.1. The molecule has 0 radical (unpaired) electrons. The molecule has 0 aliphatic carbocycles. The fourth-order valence-corrected chi connectivity index (χ4v) is 3.64. The average Bonchev–Trinajstić information content (AvgIpc) is 3.13. The molecular weight excluding hydrogens is 314 g/mol. The van der Waals surface area contributed by atoms with Crippen LogP contribution in [0.4, 0.5) is 0 Å². The molecule has 0 aliphatic rings. The highest BCUT2D eigenvalue weighted by Gasteiger charge is 2.12. The number of hydrogen-bond acceptors (Lipinski definition) is 4. The highest BCUT2D eigenvalue weighted by molar-refractivity contribution is 7.99. The van der Waals surface area contributed by atoms with Crippen LogP contribution in [0.3, 0.4) is 0 Å². The van der Waals surface area contributed by atoms with Crippen molar-refractivity contribution in [2.24, 2.45) is 0 Å². The Hall–Kier alpha value is -1.79. The summed E-state index contributed by atoms with van der Waals surface area (Å²) in [5.41, 5.74) is 4.32. The summed E-state index contributed by atoms with van der Waals surface area (Å²) in [6, 6.07) is 8.15. The lowest BCUT2D eigenvalue weighted by Crippen LogP contribution is -2.27. The molecule has 0 atom stereocenters. The Morgan fingerprint density at radius 2 is 2.27 bits per heavy atom. The lowest BCUT2D eigenvalue weighted by atomic mass is 10.2. The van der Waals surface area contributed by atoms with Crippen molar-refractivity contribution in [3.8, 4) is 0 Å². The van der Waals surface area contributed by atoms with Crippen LogP contribution in [-0.4, -0.2) is 33.6 Å². The summed E-state index contributed by atoms with van der Waals surface area (Å²) in [6.45, 7) is 2.71. The van der Waals surface area contributed by atoms with Crippen LogP contribution >= 0.6 is 23.1 Å². The quantitative estimate of drug-likeness (QED) is 0.726. The van der Waals surface area contributed by atoms with E-state index in [4.69, 9.17) is 0 Å². The van der Waals surface area contributed by atoms with E-state index in [1.807, 2.05) is 30.6 Å². The largest absolute Gasteiger partial charge is 0.341 e. The SMILES string of the molecule is Cc1ccc2nc(SCC(=O)N(C)Cc3ccsc3)[nH]c2c1. The fourth-order valence-electron chi connectivity index (χ4n) is 2.15. The first-order chi connectivity index (χ1) is 10.6. The van der Waals surface area contributed by atoms with Gasteiger partial charge in [0.15, 0.2) is 5.16 Å². The second kappa shape index (κ2) is 6.54. The number of benzene rings is 1. The van der Waals surface area contributed by atoms with Crippen LogP contribution in [0.5, 0.6) is 0 Å². The van der Waals surface area contributed by atoms with Crippen LogP contribution in [0, 0.1) is 6.92 Å². The van der Waals surface area contributed by atoms with Gasteiger partial charge in [0.25, 0.3) is 0 Å². The van der Waals surface area contributed by atoms with E-state index in [1.54, 1.807) is 16.2 Å². The van der Waals surface area contributed by atoms with Gasteiger partial charge in [-0.15, -0.1) is 0 Å². The van der Waals surface area contributed by atoms with Gasteiger partial charge in [0.2, 0.25) is 5.91 Å². The number of H-pyrrole nitrogens is 1. The van der Waals surface area contributed by atoms with Gasteiger partial charge in [0.1, 0.15) is 0 Å². The zero-order valence-electron chi connectivity index (χ0n) is 12.5. The third-order valence-electron chi connectivity index (χ3n) is 3.37. The number of carbonyl (C=O) groups is 1. The Morgan fingerprint density at radius 3 is 3.05 bits per heavy atom. The normalized spacial score (nSPS) is 11.0. The number of thioether (sulfide) groups is 1. The number of thiophene rings is 1. The van der Waals surface area contributed by atoms with Crippen LogP contribution in [0.25, 0.3) is 11.0 Å². The summed E-state index contributed by atoms with van der Waals surface area (Å²) < 4.78 is 0. The Labute approximate surface area is 137 Å². The van der Waals surface area contributed by atoms with Gasteiger partial charge in [0.05, 0.1) is 16.8 Å². The monoisotopic (exact) mass is 331 g/mol. The zero-order valence-corrected chi connectivity index (χ0v) is 14.1. The average molecular weight is 331 g/mol. The maximum absolute atomic E-state index is 12.2. The minimum Gasteiger partial charge on any atom is -0.341 e. The van der Waals surface area contributed by atoms with Crippen LogP contribution in [0.15, 0.2) is 40.2 Å². The van der Waals surface area contributed by atoms with Crippen LogP contribution in [-0.2, 0) is 11.3 Å². The zero-order chi connectivity index (χ0) is 15.5. The van der Waals surface area contributed by atoms with Crippen molar-refractivity contribution >= 4 is 40.0 Å². The summed E-state index contributed by atoms with van der Waals surface area (Å²) in [5.74, 6) is 0.493. The van der Waals surface area contributed by atoms with Crippen LogP contribution in [0.1, 0.15) is 11.1 Å². The number of aromatic amines is 1. The number of fused-ring (bicyclic) bond motifs is 1. The summed E-state index contributed by atoms with van der Waals surface area (Å²) in [6.07, 6.45) is 0. The van der Waals surface area contributed by atoms with Crippen LogP contribution < -0.4 is 0 Å². The predicted molar refractivity (Wildman–Crippen MR) is 92.3 cm³/mol. The second-order valence-electron chi connectivity index (χ2n) is 5.23. The second-order valence-corrected chi connectivity index (χ2v) is 6.98. The van der Waals surface area contributed by atoms with Gasteiger partial charge in [-0.2, -0.15) is 11.3 Å². The molecule has 1 N–H and O–H groups in total. The Balaban J connectivity index is 1.59. The topological polar surface area (TPSA) is 49.0 Å². The highest BCUT2D eigenvalue weighted by atomic mass is 32.2. The molecule has 0 aliphatic heterocycles. The first-order valence-electron chi connectivity index (χ1n) is 6.96. The first-order valence-corrected chi connectivity index (χ1v) is 8.89. The number of rotatable bonds is 5. The van der Waals surface area contributed by atoms with Crippen molar-refractivity contribution in [3.05, 3.63) is 46.2 Å². The third-order valence-corrected chi connectivity index (χ3v) is 4.96. The smallest absolute Gasteiger partial charge is 0.233 e. The van der Waals surface area contributed by atoms with Crippen molar-refractivity contribution in [1.29, 1.82) is 0 Å². The molecule has 0 fully saturated rings. The van der Waals surface area contributed by atoms with Gasteiger partial charge in [-0.25, -0.2) is 4.98 Å². The lowest BCUT2D eigenvalue weighted by molar-refractivity contribution is -0.127. The molecule has 2 aromatic heterocycles. The molecule has 2 heterocycles. The number of aryl methyl sites for hydroxylation is 1. The van der Waals surface area contributed by atoms with E-state index < -0.39 is 0 Å². The van der Waals surface area contributed by atoms with Crippen molar-refractivity contribution < 1.29 is 4.79 Å². The maximum atomic E-state index is 12.2. The molecule has 6 heteroatoms. The van der Waals surface area contributed by atoms with Gasteiger partial charge in [-0.3, -0.25) is 4.79 Å². The van der Waals surface area contributed by atoms with E-state index in [-0.39, 0.29) is 5.91 Å². The molecule has 0 bridgehead atoms. The minimum atomic E-state index is 0.104. The molecule has 1 aromatic carbocycles. The van der Waals surface area contributed by atoms with E-state index >= 15 is 0 Å². The Kier molecular flexibility index (Phi) is 4.49. The number of aromatic nitrogens is 2. The molecule has 3 aromatic rings. The maximum Gasteiger partial charge on any atom is 0.233 e. The molecule has 0 spiro atoms. The molecular formula is C16H17N3OS2. The Morgan fingerprint density at radius 1 is 1.41 bits per heavy atom. The van der Waals surface area contributed by atoms with E-state index in [9.17, 15) is 4.79 Å². The summed E-state index contributed by atoms with van der Waals surface area (Å²) in [5, 5.41) is 4.88. The van der Waals surface area contributed by atoms with E-state index in [0.717, 1.165) is 16.2 Å². The van der Waals surface area contributed by atoms with Gasteiger partial charge < -0.3 is 9.88 Å². The lowest BCUT2D eigenvalue weighted by Gasteiger charge is -2.15. The van der Waals surface area contributed by atoms with Crippen LogP contribution in [0.2, 0.25) is 0 Å². The van der Waals surface area contributed by atoms with Crippen molar-refractivity contribution in [1.82, 2.24) is 14.9 Å².